The van der Waals surface area contributed by atoms with Gasteiger partial charge in [0, 0.05) is 18.8 Å². The fourth-order valence-corrected chi connectivity index (χ4v) is 2.00. The molecule has 2 aromatic rings. The van der Waals surface area contributed by atoms with Gasteiger partial charge < -0.3 is 15.2 Å². The minimum atomic E-state index is 0.302. The van der Waals surface area contributed by atoms with Crippen molar-refractivity contribution in [3.05, 3.63) is 34.6 Å². The number of ether oxygens (including phenoxy) is 2. The van der Waals surface area contributed by atoms with Crippen LogP contribution in [0.1, 0.15) is 11.4 Å². The van der Waals surface area contributed by atoms with E-state index in [0.29, 0.717) is 28.8 Å². The van der Waals surface area contributed by atoms with Gasteiger partial charge in [0.15, 0.2) is 11.5 Å². The number of methoxy groups -OCH3 is 1. The van der Waals surface area contributed by atoms with Gasteiger partial charge in [-0.2, -0.15) is 5.10 Å². The zero-order valence-electron chi connectivity index (χ0n) is 11.1. The van der Waals surface area contributed by atoms with Crippen LogP contribution in [-0.2, 0) is 13.7 Å². The van der Waals surface area contributed by atoms with Gasteiger partial charge in [-0.3, -0.25) is 4.68 Å². The predicted octanol–water partition coefficient (Wildman–Crippen LogP) is 2.55. The number of benzene rings is 1. The van der Waals surface area contributed by atoms with Crippen molar-refractivity contribution in [1.29, 1.82) is 0 Å². The number of rotatable bonds is 4. The van der Waals surface area contributed by atoms with Gasteiger partial charge >= 0.3 is 0 Å². The highest BCUT2D eigenvalue weighted by atomic mass is 35.5. The largest absolute Gasteiger partial charge is 0.493 e. The molecule has 2 N–H and O–H groups in total. The summed E-state index contributed by atoms with van der Waals surface area (Å²) in [5.41, 5.74) is 7.94. The molecule has 0 bridgehead atoms. The van der Waals surface area contributed by atoms with Gasteiger partial charge in [-0.1, -0.05) is 11.6 Å². The Morgan fingerprint density at radius 1 is 1.37 bits per heavy atom. The number of anilines is 1. The normalized spacial score (nSPS) is 10.5. The third-order valence-electron chi connectivity index (χ3n) is 2.81. The molecule has 0 radical (unpaired) electrons. The van der Waals surface area contributed by atoms with Crippen molar-refractivity contribution < 1.29 is 9.47 Å². The van der Waals surface area contributed by atoms with Crippen LogP contribution in [0.3, 0.4) is 0 Å². The van der Waals surface area contributed by atoms with E-state index in [-0.39, 0.29) is 0 Å². The summed E-state index contributed by atoms with van der Waals surface area (Å²) in [5, 5.41) is 4.85. The van der Waals surface area contributed by atoms with Gasteiger partial charge in [-0.15, -0.1) is 0 Å². The summed E-state index contributed by atoms with van der Waals surface area (Å²) in [6.07, 6.45) is 0. The molecule has 19 heavy (non-hydrogen) atoms. The number of nitrogens with zero attached hydrogens (tertiary/aromatic N) is 2. The van der Waals surface area contributed by atoms with Crippen LogP contribution in [-0.4, -0.2) is 16.9 Å². The van der Waals surface area contributed by atoms with Crippen LogP contribution in [0.4, 0.5) is 5.69 Å². The van der Waals surface area contributed by atoms with Crippen LogP contribution in [0.15, 0.2) is 18.2 Å². The number of halogens is 1. The van der Waals surface area contributed by atoms with Crippen molar-refractivity contribution in [1.82, 2.24) is 9.78 Å². The lowest BCUT2D eigenvalue weighted by Gasteiger charge is -2.11. The Morgan fingerprint density at radius 2 is 2.11 bits per heavy atom. The SMILES string of the molecule is COc1ccc(N)cc1OCc1c(Cl)c(C)nn1C. The van der Waals surface area contributed by atoms with Crippen molar-refractivity contribution in [3.63, 3.8) is 0 Å². The van der Waals surface area contributed by atoms with E-state index in [0.717, 1.165) is 11.4 Å². The summed E-state index contributed by atoms with van der Waals surface area (Å²) in [6, 6.07) is 5.24. The van der Waals surface area contributed by atoms with Gasteiger partial charge in [-0.25, -0.2) is 0 Å². The molecule has 0 atom stereocenters. The van der Waals surface area contributed by atoms with Crippen LogP contribution >= 0.6 is 11.6 Å². The average molecular weight is 282 g/mol. The Kier molecular flexibility index (Phi) is 3.85. The van der Waals surface area contributed by atoms with E-state index in [1.807, 2.05) is 14.0 Å². The Balaban J connectivity index is 2.21. The highest BCUT2D eigenvalue weighted by Gasteiger charge is 2.13. The highest BCUT2D eigenvalue weighted by Crippen LogP contribution is 2.30. The molecule has 102 valence electrons. The van der Waals surface area contributed by atoms with Crippen molar-refractivity contribution >= 4 is 17.3 Å². The Hall–Kier alpha value is -1.88. The summed E-state index contributed by atoms with van der Waals surface area (Å²) >= 11 is 6.17. The maximum Gasteiger partial charge on any atom is 0.163 e. The fourth-order valence-electron chi connectivity index (χ4n) is 1.79. The smallest absolute Gasteiger partial charge is 0.163 e. The van der Waals surface area contributed by atoms with Gasteiger partial charge in [0.05, 0.1) is 23.5 Å². The lowest BCUT2D eigenvalue weighted by Crippen LogP contribution is -2.04. The van der Waals surface area contributed by atoms with Gasteiger partial charge in [0.25, 0.3) is 0 Å². The van der Waals surface area contributed by atoms with E-state index < -0.39 is 0 Å². The molecule has 1 aromatic carbocycles. The maximum atomic E-state index is 6.17. The summed E-state index contributed by atoms with van der Waals surface area (Å²) in [5.74, 6) is 1.21. The van der Waals surface area contributed by atoms with E-state index in [2.05, 4.69) is 5.10 Å². The van der Waals surface area contributed by atoms with E-state index in [1.165, 1.54) is 0 Å². The molecule has 0 aliphatic rings. The Bertz CT molecular complexity index is 596. The van der Waals surface area contributed by atoms with Crippen molar-refractivity contribution in [2.45, 2.75) is 13.5 Å². The number of hydrogen-bond acceptors (Lipinski definition) is 4. The first-order valence-corrected chi connectivity index (χ1v) is 6.15. The standard InChI is InChI=1S/C13H16ClN3O2/c1-8-13(14)10(17(2)16-8)7-19-12-6-9(15)4-5-11(12)18-3/h4-6H,7,15H2,1-3H3. The van der Waals surface area contributed by atoms with E-state index in [4.69, 9.17) is 26.8 Å². The maximum absolute atomic E-state index is 6.17. The second kappa shape index (κ2) is 5.40. The number of nitrogen functional groups attached to an aromatic ring is 1. The molecule has 2 rings (SSSR count). The number of hydrogen-bond donors (Lipinski definition) is 1. The summed E-state index contributed by atoms with van der Waals surface area (Å²) < 4.78 is 12.6. The highest BCUT2D eigenvalue weighted by molar-refractivity contribution is 6.31. The topological polar surface area (TPSA) is 62.3 Å². The molecule has 6 heteroatoms. The Labute approximate surface area is 116 Å². The zero-order chi connectivity index (χ0) is 14.0. The second-order valence-corrected chi connectivity index (χ2v) is 4.55. The predicted molar refractivity (Wildman–Crippen MR) is 74.7 cm³/mol. The lowest BCUT2D eigenvalue weighted by atomic mass is 10.3. The third-order valence-corrected chi connectivity index (χ3v) is 3.31. The molecule has 5 nitrogen and oxygen atoms in total. The van der Waals surface area contributed by atoms with Crippen molar-refractivity contribution in [2.24, 2.45) is 7.05 Å². The van der Waals surface area contributed by atoms with Crippen LogP contribution in [0.2, 0.25) is 5.02 Å². The van der Waals surface area contributed by atoms with E-state index in [9.17, 15) is 0 Å². The molecule has 0 fully saturated rings. The first-order chi connectivity index (χ1) is 9.02. The number of aryl methyl sites for hydroxylation is 2. The van der Waals surface area contributed by atoms with Crippen LogP contribution < -0.4 is 15.2 Å². The van der Waals surface area contributed by atoms with Crippen LogP contribution in [0, 0.1) is 6.92 Å². The summed E-state index contributed by atoms with van der Waals surface area (Å²) in [7, 11) is 3.41. The van der Waals surface area contributed by atoms with Gasteiger partial charge in [0.2, 0.25) is 0 Å². The molecule has 1 aromatic heterocycles. The molecule has 0 saturated heterocycles. The van der Waals surface area contributed by atoms with Crippen LogP contribution in [0.25, 0.3) is 0 Å². The minimum absolute atomic E-state index is 0.302. The van der Waals surface area contributed by atoms with E-state index >= 15 is 0 Å². The quantitative estimate of drug-likeness (QED) is 0.875. The molecular formula is C13H16ClN3O2. The lowest BCUT2D eigenvalue weighted by molar-refractivity contribution is 0.276. The molecule has 1 heterocycles. The summed E-state index contributed by atoms with van der Waals surface area (Å²) in [6.45, 7) is 2.16. The first kappa shape index (κ1) is 13.5. The molecule has 0 spiro atoms. The first-order valence-electron chi connectivity index (χ1n) is 5.77. The summed E-state index contributed by atoms with van der Waals surface area (Å²) in [4.78, 5) is 0. The monoisotopic (exact) mass is 281 g/mol. The van der Waals surface area contributed by atoms with E-state index in [1.54, 1.807) is 30.0 Å². The average Bonchev–Trinajstić information content (AvgIpc) is 2.61. The molecule has 0 unspecified atom stereocenters. The fraction of sp³-hybridized carbons (Fsp3) is 0.308. The zero-order valence-corrected chi connectivity index (χ0v) is 11.9. The molecule has 0 saturated carbocycles. The van der Waals surface area contributed by atoms with Crippen LogP contribution in [0.5, 0.6) is 11.5 Å². The number of nitrogens with two attached hydrogens (primary N) is 1. The van der Waals surface area contributed by atoms with Crippen molar-refractivity contribution in [2.75, 3.05) is 12.8 Å². The van der Waals surface area contributed by atoms with Gasteiger partial charge in [0.1, 0.15) is 6.61 Å². The third kappa shape index (κ3) is 2.76. The molecule has 0 aliphatic carbocycles. The molecule has 0 amide bonds. The minimum Gasteiger partial charge on any atom is -0.493 e. The Morgan fingerprint density at radius 3 is 2.68 bits per heavy atom. The molecular weight excluding hydrogens is 266 g/mol. The van der Waals surface area contributed by atoms with Crippen molar-refractivity contribution in [3.8, 4) is 11.5 Å². The molecule has 0 aliphatic heterocycles. The second-order valence-electron chi connectivity index (χ2n) is 4.17. The number of aromatic nitrogens is 2. The van der Waals surface area contributed by atoms with Gasteiger partial charge in [-0.05, 0) is 19.1 Å².